The van der Waals surface area contributed by atoms with Gasteiger partial charge in [0, 0.05) is 0 Å². The Morgan fingerprint density at radius 2 is 2.12 bits per heavy atom. The molecule has 9 nitrogen and oxygen atoms in total. The van der Waals surface area contributed by atoms with E-state index in [4.69, 9.17) is 10.2 Å². The van der Waals surface area contributed by atoms with Crippen molar-refractivity contribution in [1.29, 1.82) is 0 Å². The van der Waals surface area contributed by atoms with E-state index in [1.54, 1.807) is 0 Å². The number of aliphatic carboxylic acids is 2. The fourth-order valence-electron chi connectivity index (χ4n) is 0.918. The minimum Gasteiger partial charge on any atom is -0.481 e. The van der Waals surface area contributed by atoms with Gasteiger partial charge in [-0.2, -0.15) is 15.4 Å². The average Bonchev–Trinajstić information content (AvgIpc) is 2.68. The Balaban J connectivity index is 2.65. The van der Waals surface area contributed by atoms with Crippen molar-refractivity contribution in [3.05, 3.63) is 11.9 Å². The van der Waals surface area contributed by atoms with Crippen LogP contribution < -0.4 is 5.32 Å². The van der Waals surface area contributed by atoms with Crippen molar-refractivity contribution in [3.8, 4) is 0 Å². The summed E-state index contributed by atoms with van der Waals surface area (Å²) in [6, 6.07) is -1.50. The number of carboxylic acid groups (broad SMARTS) is 2. The molecule has 0 saturated heterocycles. The van der Waals surface area contributed by atoms with Crippen LogP contribution in [0, 0.1) is 0 Å². The molecular formula is C7H8N4O5. The van der Waals surface area contributed by atoms with Crippen molar-refractivity contribution >= 4 is 17.8 Å². The number of aromatic nitrogens is 3. The van der Waals surface area contributed by atoms with Gasteiger partial charge in [-0.05, 0) is 0 Å². The van der Waals surface area contributed by atoms with Gasteiger partial charge in [-0.1, -0.05) is 0 Å². The van der Waals surface area contributed by atoms with Gasteiger partial charge in [-0.25, -0.2) is 4.79 Å². The maximum Gasteiger partial charge on any atom is 0.326 e. The Labute approximate surface area is 88.5 Å². The monoisotopic (exact) mass is 228 g/mol. The van der Waals surface area contributed by atoms with Crippen molar-refractivity contribution in [2.75, 3.05) is 0 Å². The number of rotatable bonds is 5. The molecule has 1 aromatic rings. The predicted octanol–water partition coefficient (Wildman–Crippen LogP) is -1.54. The molecule has 1 heterocycles. The molecule has 1 atom stereocenters. The molecule has 0 aliphatic carbocycles. The summed E-state index contributed by atoms with van der Waals surface area (Å²) in [5.41, 5.74) is -0.114. The number of hydrogen-bond acceptors (Lipinski definition) is 5. The molecule has 16 heavy (non-hydrogen) atoms. The van der Waals surface area contributed by atoms with Crippen LogP contribution in [0.4, 0.5) is 0 Å². The van der Waals surface area contributed by atoms with Crippen LogP contribution in [0.2, 0.25) is 0 Å². The molecule has 0 aliphatic heterocycles. The van der Waals surface area contributed by atoms with Gasteiger partial charge in [0.05, 0.1) is 12.6 Å². The zero-order valence-electron chi connectivity index (χ0n) is 7.88. The fraction of sp³-hybridized carbons (Fsp3) is 0.286. The summed E-state index contributed by atoms with van der Waals surface area (Å²) in [5.74, 6) is -3.56. The van der Waals surface area contributed by atoms with Gasteiger partial charge < -0.3 is 15.5 Å². The first-order valence-corrected chi connectivity index (χ1v) is 4.12. The van der Waals surface area contributed by atoms with Crippen LogP contribution in [0.15, 0.2) is 6.20 Å². The van der Waals surface area contributed by atoms with Gasteiger partial charge in [-0.3, -0.25) is 9.59 Å². The Bertz CT molecular complexity index is 401. The summed E-state index contributed by atoms with van der Waals surface area (Å²) in [4.78, 5) is 32.3. The minimum absolute atomic E-state index is 0.114. The molecule has 0 fully saturated rings. The second kappa shape index (κ2) is 4.87. The summed E-state index contributed by atoms with van der Waals surface area (Å²) in [6.07, 6.45) is 0.383. The van der Waals surface area contributed by atoms with E-state index in [9.17, 15) is 14.4 Å². The molecule has 4 N–H and O–H groups in total. The van der Waals surface area contributed by atoms with Gasteiger partial charge in [0.1, 0.15) is 6.04 Å². The lowest BCUT2D eigenvalue weighted by atomic mass is 10.2. The lowest BCUT2D eigenvalue weighted by molar-refractivity contribution is -0.145. The van der Waals surface area contributed by atoms with Crippen molar-refractivity contribution in [1.82, 2.24) is 20.7 Å². The molecule has 0 saturated carbocycles. The van der Waals surface area contributed by atoms with Crippen LogP contribution in [0.5, 0.6) is 0 Å². The van der Waals surface area contributed by atoms with Crippen LogP contribution in [0.3, 0.4) is 0 Å². The second-order valence-electron chi connectivity index (χ2n) is 2.82. The van der Waals surface area contributed by atoms with E-state index in [0.717, 1.165) is 6.20 Å². The number of carbonyl (C=O) groups excluding carboxylic acids is 1. The number of nitrogens with zero attached hydrogens (tertiary/aromatic N) is 2. The van der Waals surface area contributed by atoms with E-state index >= 15 is 0 Å². The first-order valence-electron chi connectivity index (χ1n) is 4.12. The molecule has 0 spiro atoms. The molecule has 1 amide bonds. The topological polar surface area (TPSA) is 145 Å². The molecule has 0 unspecified atom stereocenters. The largest absolute Gasteiger partial charge is 0.481 e. The van der Waals surface area contributed by atoms with E-state index in [0.29, 0.717) is 0 Å². The second-order valence-corrected chi connectivity index (χ2v) is 2.82. The highest BCUT2D eigenvalue weighted by Gasteiger charge is 2.24. The van der Waals surface area contributed by atoms with Crippen LogP contribution >= 0.6 is 0 Å². The van der Waals surface area contributed by atoms with Gasteiger partial charge in [0.2, 0.25) is 0 Å². The van der Waals surface area contributed by atoms with Gasteiger partial charge in [0.15, 0.2) is 5.69 Å². The average molecular weight is 228 g/mol. The minimum atomic E-state index is -1.50. The summed E-state index contributed by atoms with van der Waals surface area (Å²) >= 11 is 0. The highest BCUT2D eigenvalue weighted by atomic mass is 16.4. The zero-order valence-corrected chi connectivity index (χ0v) is 7.88. The first-order chi connectivity index (χ1) is 7.50. The van der Waals surface area contributed by atoms with Gasteiger partial charge >= 0.3 is 11.9 Å². The maximum absolute atomic E-state index is 11.3. The van der Waals surface area contributed by atoms with Crippen LogP contribution in [0.25, 0.3) is 0 Å². The molecule has 86 valence electrons. The smallest absolute Gasteiger partial charge is 0.326 e. The quantitative estimate of drug-likeness (QED) is 0.477. The number of nitrogens with one attached hydrogen (secondary N) is 2. The van der Waals surface area contributed by atoms with Crippen molar-refractivity contribution in [2.45, 2.75) is 12.5 Å². The SMILES string of the molecule is O=C(O)C[C@H](NC(=O)c1cn[nH]n1)C(=O)O. The van der Waals surface area contributed by atoms with E-state index < -0.39 is 30.3 Å². The third-order valence-electron chi connectivity index (χ3n) is 1.63. The molecule has 1 rings (SSSR count). The Morgan fingerprint density at radius 1 is 1.44 bits per heavy atom. The summed E-state index contributed by atoms with van der Waals surface area (Å²) in [7, 11) is 0. The van der Waals surface area contributed by atoms with Crippen molar-refractivity contribution in [2.24, 2.45) is 0 Å². The number of hydrogen-bond donors (Lipinski definition) is 4. The molecular weight excluding hydrogens is 220 g/mol. The van der Waals surface area contributed by atoms with Crippen molar-refractivity contribution < 1.29 is 24.6 Å². The van der Waals surface area contributed by atoms with E-state index in [-0.39, 0.29) is 5.69 Å². The lowest BCUT2D eigenvalue weighted by Gasteiger charge is -2.10. The number of carboxylic acids is 2. The van der Waals surface area contributed by atoms with E-state index in [1.807, 2.05) is 5.32 Å². The molecule has 0 bridgehead atoms. The molecule has 9 heteroatoms. The van der Waals surface area contributed by atoms with E-state index in [1.165, 1.54) is 0 Å². The molecule has 0 aromatic carbocycles. The molecule has 0 aliphatic rings. The summed E-state index contributed by atoms with van der Waals surface area (Å²) < 4.78 is 0. The standard InChI is InChI=1S/C7H8N4O5/c12-5(13)1-3(7(15)16)9-6(14)4-2-8-11-10-4/h2-3H,1H2,(H,9,14)(H,12,13)(H,15,16)(H,8,10,11)/t3-/m0/s1. The summed E-state index contributed by atoms with van der Waals surface area (Å²) in [6.45, 7) is 0. The fourth-order valence-corrected chi connectivity index (χ4v) is 0.918. The number of carbonyl (C=O) groups is 3. The highest BCUT2D eigenvalue weighted by molar-refractivity contribution is 5.95. The molecule has 0 radical (unpaired) electrons. The highest BCUT2D eigenvalue weighted by Crippen LogP contribution is 1.96. The lowest BCUT2D eigenvalue weighted by Crippen LogP contribution is -2.42. The molecule has 1 aromatic heterocycles. The zero-order chi connectivity index (χ0) is 12.1. The van der Waals surface area contributed by atoms with Gasteiger partial charge in [-0.15, -0.1) is 0 Å². The first kappa shape index (κ1) is 11.6. The van der Waals surface area contributed by atoms with E-state index in [2.05, 4.69) is 15.4 Å². The maximum atomic E-state index is 11.3. The third-order valence-corrected chi connectivity index (χ3v) is 1.63. The van der Waals surface area contributed by atoms with Crippen LogP contribution in [-0.4, -0.2) is 49.5 Å². The van der Waals surface area contributed by atoms with Crippen LogP contribution in [-0.2, 0) is 9.59 Å². The van der Waals surface area contributed by atoms with Gasteiger partial charge in [0.25, 0.3) is 5.91 Å². The Hall–Kier alpha value is -2.45. The number of aromatic amines is 1. The third kappa shape index (κ3) is 3.04. The van der Waals surface area contributed by atoms with Crippen molar-refractivity contribution in [3.63, 3.8) is 0 Å². The predicted molar refractivity (Wildman–Crippen MR) is 47.5 cm³/mol. The number of H-pyrrole nitrogens is 1. The number of amides is 1. The Kier molecular flexibility index (Phi) is 3.53. The van der Waals surface area contributed by atoms with Crippen LogP contribution in [0.1, 0.15) is 16.9 Å². The normalized spacial score (nSPS) is 11.8. The Morgan fingerprint density at radius 3 is 2.56 bits per heavy atom. The summed E-state index contributed by atoms with van der Waals surface area (Å²) in [5, 5.41) is 28.0.